The largest absolute Gasteiger partial charge is 0.361 e. The van der Waals surface area contributed by atoms with Crippen molar-refractivity contribution in [2.24, 2.45) is 10.8 Å². The van der Waals surface area contributed by atoms with Crippen LogP contribution in [0, 0.1) is 0 Å². The number of hydrogen-bond acceptors (Lipinski definition) is 3. The second-order valence-corrected chi connectivity index (χ2v) is 1.32. The van der Waals surface area contributed by atoms with Crippen LogP contribution in [-0.4, -0.2) is 18.0 Å². The van der Waals surface area contributed by atoms with Crippen LogP contribution in [0.5, 0.6) is 0 Å². The normalized spacial score (nSPS) is 9.20. The molecule has 0 rings (SSSR count). The lowest BCUT2D eigenvalue weighted by Crippen LogP contribution is -2.32. The molecule has 0 saturated carbocycles. The third-order valence-electron chi connectivity index (χ3n) is 0.570. The minimum atomic E-state index is -1.07. The van der Waals surface area contributed by atoms with E-state index in [4.69, 9.17) is 0 Å². The average Bonchev–Trinajstić information content (AvgIpc) is 1.88. The van der Waals surface area contributed by atoms with Crippen molar-refractivity contribution in [3.05, 3.63) is 12.7 Å². The number of nitrogens with two attached hydrogens (primary N) is 1. The van der Waals surface area contributed by atoms with E-state index in [1.165, 1.54) is 12.3 Å². The fourth-order valence-electron chi connectivity index (χ4n) is 0.204. The van der Waals surface area contributed by atoms with Crippen LogP contribution in [-0.2, 0) is 9.59 Å². The zero-order valence-corrected chi connectivity index (χ0v) is 5.20. The first-order chi connectivity index (χ1) is 4.68. The number of carbonyl (C=O) groups excluding carboxylic acids is 2. The molecule has 0 heterocycles. The molecule has 0 aliphatic carbocycles. The van der Waals surface area contributed by atoms with Crippen molar-refractivity contribution in [3.63, 3.8) is 0 Å². The van der Waals surface area contributed by atoms with E-state index in [-0.39, 0.29) is 0 Å². The van der Waals surface area contributed by atoms with E-state index < -0.39 is 11.8 Å². The van der Waals surface area contributed by atoms with E-state index in [2.05, 4.69) is 17.4 Å². The summed E-state index contributed by atoms with van der Waals surface area (Å²) in [5.74, 6) is -2.01. The Morgan fingerprint density at radius 2 is 2.20 bits per heavy atom. The van der Waals surface area contributed by atoms with Gasteiger partial charge in [-0.1, -0.05) is 6.58 Å². The lowest BCUT2D eigenvalue weighted by atomic mass is 10.6. The van der Waals surface area contributed by atoms with Gasteiger partial charge in [0, 0.05) is 6.21 Å². The van der Waals surface area contributed by atoms with E-state index in [1.807, 2.05) is 5.43 Å². The molecule has 3 N–H and O–H groups in total. The fourth-order valence-corrected chi connectivity index (χ4v) is 0.204. The average molecular weight is 141 g/mol. The molecule has 0 aliphatic rings. The molecular weight excluding hydrogens is 134 g/mol. The topological polar surface area (TPSA) is 84.6 Å². The summed E-state index contributed by atoms with van der Waals surface area (Å²) < 4.78 is 0. The van der Waals surface area contributed by atoms with Gasteiger partial charge in [-0.3, -0.25) is 9.59 Å². The smallest absolute Gasteiger partial charge is 0.329 e. The number of nitrogens with zero attached hydrogens (tertiary/aromatic N) is 1. The summed E-state index contributed by atoms with van der Waals surface area (Å²) in [5, 5.41) is 3.27. The Kier molecular flexibility index (Phi) is 3.55. The predicted octanol–water partition coefficient (Wildman–Crippen LogP) is -1.24. The molecule has 0 radical (unpaired) electrons. The van der Waals surface area contributed by atoms with Gasteiger partial charge in [0.05, 0.1) is 0 Å². The molecule has 5 nitrogen and oxygen atoms in total. The van der Waals surface area contributed by atoms with Crippen LogP contribution in [0.1, 0.15) is 0 Å². The second-order valence-electron chi connectivity index (χ2n) is 1.32. The Morgan fingerprint density at radius 3 is 2.60 bits per heavy atom. The Bertz CT molecular complexity index is 185. The zero-order valence-electron chi connectivity index (χ0n) is 5.20. The molecule has 0 aromatic heterocycles. The standard InChI is InChI=1S/C5H7N3O2/c1-2-3-7-8-5(10)4(6)9/h2-3H,1H2,(H2,6,9)(H,8,10). The molecule has 0 fully saturated rings. The molecule has 0 aromatic rings. The second kappa shape index (κ2) is 4.25. The lowest BCUT2D eigenvalue weighted by molar-refractivity contribution is -0.137. The van der Waals surface area contributed by atoms with Gasteiger partial charge in [-0.05, 0) is 6.08 Å². The summed E-state index contributed by atoms with van der Waals surface area (Å²) in [6.45, 7) is 3.29. The summed E-state index contributed by atoms with van der Waals surface area (Å²) >= 11 is 0. The molecule has 5 heteroatoms. The number of nitrogens with one attached hydrogen (secondary N) is 1. The maximum Gasteiger partial charge on any atom is 0.329 e. The molecule has 0 bridgehead atoms. The molecular formula is C5H7N3O2. The molecule has 2 amide bonds. The minimum absolute atomic E-state index is 0.946. The highest BCUT2D eigenvalue weighted by atomic mass is 16.2. The van der Waals surface area contributed by atoms with Crippen LogP contribution >= 0.6 is 0 Å². The minimum Gasteiger partial charge on any atom is -0.361 e. The van der Waals surface area contributed by atoms with E-state index >= 15 is 0 Å². The Morgan fingerprint density at radius 1 is 1.60 bits per heavy atom. The van der Waals surface area contributed by atoms with Crippen molar-refractivity contribution in [1.82, 2.24) is 5.43 Å². The summed E-state index contributed by atoms with van der Waals surface area (Å²) in [6.07, 6.45) is 2.57. The van der Waals surface area contributed by atoms with Gasteiger partial charge in [-0.25, -0.2) is 5.43 Å². The lowest BCUT2D eigenvalue weighted by Gasteiger charge is -1.89. The zero-order chi connectivity index (χ0) is 7.98. The number of hydrogen-bond donors (Lipinski definition) is 2. The van der Waals surface area contributed by atoms with Crippen molar-refractivity contribution in [3.8, 4) is 0 Å². The molecule has 0 spiro atoms. The molecule has 10 heavy (non-hydrogen) atoms. The van der Waals surface area contributed by atoms with E-state index in [9.17, 15) is 9.59 Å². The molecule has 0 atom stereocenters. The van der Waals surface area contributed by atoms with Crippen molar-refractivity contribution in [2.45, 2.75) is 0 Å². The highest BCUT2D eigenvalue weighted by molar-refractivity contribution is 6.34. The molecule has 0 aromatic carbocycles. The van der Waals surface area contributed by atoms with Gasteiger partial charge < -0.3 is 5.73 Å². The maximum absolute atomic E-state index is 10.3. The summed E-state index contributed by atoms with van der Waals surface area (Å²) in [4.78, 5) is 20.3. The van der Waals surface area contributed by atoms with Crippen molar-refractivity contribution in [2.75, 3.05) is 0 Å². The first-order valence-corrected chi connectivity index (χ1v) is 2.42. The van der Waals surface area contributed by atoms with Gasteiger partial charge in [0.1, 0.15) is 0 Å². The van der Waals surface area contributed by atoms with Gasteiger partial charge in [0.15, 0.2) is 0 Å². The number of amides is 2. The molecule has 54 valence electrons. The monoisotopic (exact) mass is 141 g/mol. The first kappa shape index (κ1) is 8.35. The van der Waals surface area contributed by atoms with Crippen molar-refractivity contribution < 1.29 is 9.59 Å². The van der Waals surface area contributed by atoms with Gasteiger partial charge >= 0.3 is 11.8 Å². The van der Waals surface area contributed by atoms with Crippen LogP contribution in [0.25, 0.3) is 0 Å². The van der Waals surface area contributed by atoms with Gasteiger partial charge in [0.2, 0.25) is 0 Å². The van der Waals surface area contributed by atoms with Crippen LogP contribution in [0.4, 0.5) is 0 Å². The van der Waals surface area contributed by atoms with Crippen molar-refractivity contribution >= 4 is 18.0 Å². The number of rotatable bonds is 2. The number of carbonyl (C=O) groups is 2. The van der Waals surface area contributed by atoms with Gasteiger partial charge in [0.25, 0.3) is 0 Å². The Hall–Kier alpha value is -1.65. The van der Waals surface area contributed by atoms with Crippen LogP contribution < -0.4 is 11.2 Å². The maximum atomic E-state index is 10.3. The van der Waals surface area contributed by atoms with Crippen LogP contribution in [0.15, 0.2) is 17.8 Å². The number of hydrazone groups is 1. The third-order valence-corrected chi connectivity index (χ3v) is 0.570. The van der Waals surface area contributed by atoms with E-state index in [0.29, 0.717) is 0 Å². The summed E-state index contributed by atoms with van der Waals surface area (Å²) in [7, 11) is 0. The third kappa shape index (κ3) is 3.36. The highest BCUT2D eigenvalue weighted by Gasteiger charge is 2.04. The molecule has 0 saturated heterocycles. The summed E-state index contributed by atoms with van der Waals surface area (Å²) in [6, 6.07) is 0. The number of primary amides is 1. The highest BCUT2D eigenvalue weighted by Crippen LogP contribution is 1.62. The predicted molar refractivity (Wildman–Crippen MR) is 36.0 cm³/mol. The van der Waals surface area contributed by atoms with E-state index in [1.54, 1.807) is 0 Å². The van der Waals surface area contributed by atoms with Crippen LogP contribution in [0.3, 0.4) is 0 Å². The fraction of sp³-hybridized carbons (Fsp3) is 0. The van der Waals surface area contributed by atoms with Gasteiger partial charge in [-0.2, -0.15) is 5.10 Å². The molecule has 0 aliphatic heterocycles. The first-order valence-electron chi connectivity index (χ1n) is 2.42. The molecule has 0 unspecified atom stereocenters. The Labute approximate surface area is 57.6 Å². The summed E-state index contributed by atoms with van der Waals surface area (Å²) in [5.41, 5.74) is 6.44. The van der Waals surface area contributed by atoms with Gasteiger partial charge in [-0.15, -0.1) is 0 Å². The number of allylic oxidation sites excluding steroid dienone is 1. The quantitative estimate of drug-likeness (QED) is 0.286. The van der Waals surface area contributed by atoms with Crippen LogP contribution in [0.2, 0.25) is 0 Å². The van der Waals surface area contributed by atoms with Crippen molar-refractivity contribution in [1.29, 1.82) is 0 Å². The SMILES string of the molecule is C=CC=NNC(=O)C(N)=O. The Balaban J connectivity index is 3.70. The van der Waals surface area contributed by atoms with E-state index in [0.717, 1.165) is 0 Å².